The van der Waals surface area contributed by atoms with Crippen LogP contribution < -0.4 is 10.5 Å². The molecule has 0 aliphatic rings. The summed E-state index contributed by atoms with van der Waals surface area (Å²) in [6.07, 6.45) is 0. The average Bonchev–Trinajstić information content (AvgIpc) is 2.76. The zero-order valence-electron chi connectivity index (χ0n) is 10.2. The first kappa shape index (κ1) is 15.2. The topological polar surface area (TPSA) is 89.3 Å². The quantitative estimate of drug-likeness (QED) is 0.861. The second-order valence-corrected chi connectivity index (χ2v) is 7.44. The normalized spacial score (nSPS) is 11.3. The van der Waals surface area contributed by atoms with Crippen LogP contribution in [0.15, 0.2) is 40.2 Å². The minimum atomic E-state index is -3.55. The molecule has 0 saturated carbocycles. The van der Waals surface area contributed by atoms with Gasteiger partial charge in [-0.25, -0.2) is 13.6 Å². The van der Waals surface area contributed by atoms with Crippen molar-refractivity contribution in [2.24, 2.45) is 5.14 Å². The molecule has 1 heterocycles. The third-order valence-corrected chi connectivity index (χ3v) is 4.98. The Morgan fingerprint density at radius 3 is 2.40 bits per heavy atom. The van der Waals surface area contributed by atoms with Crippen molar-refractivity contribution in [2.75, 3.05) is 5.32 Å². The fourth-order valence-electron chi connectivity index (χ4n) is 1.56. The summed E-state index contributed by atoms with van der Waals surface area (Å²) in [5.41, 5.74) is 1.16. The van der Waals surface area contributed by atoms with Gasteiger partial charge in [-0.05, 0) is 45.1 Å². The minimum Gasteiger partial charge on any atom is -0.321 e. The smallest absolute Gasteiger partial charge is 0.266 e. The zero-order valence-corrected chi connectivity index (χ0v) is 13.4. The number of carbonyl (C=O) groups excluding carboxylic acids is 1. The van der Waals surface area contributed by atoms with Crippen LogP contribution in [0.1, 0.15) is 15.2 Å². The van der Waals surface area contributed by atoms with E-state index in [1.54, 1.807) is 30.3 Å². The van der Waals surface area contributed by atoms with Crippen LogP contribution in [0.4, 0.5) is 5.69 Å². The first-order chi connectivity index (χ1) is 9.35. The Labute approximate surface area is 129 Å². The SMILES string of the molecule is NS(=O)(=O)Cc1ccc(NC(=O)c2sccc2Br)cc1. The van der Waals surface area contributed by atoms with E-state index in [9.17, 15) is 13.2 Å². The standard InChI is InChI=1S/C12H11BrN2O3S2/c13-10-5-6-19-11(10)12(16)15-9-3-1-8(2-4-9)7-20(14,17)18/h1-6H,7H2,(H,15,16)(H2,14,17,18). The lowest BCUT2D eigenvalue weighted by atomic mass is 10.2. The summed E-state index contributed by atoms with van der Waals surface area (Å²) in [6.45, 7) is 0. The molecule has 2 rings (SSSR count). The summed E-state index contributed by atoms with van der Waals surface area (Å²) >= 11 is 4.63. The van der Waals surface area contributed by atoms with Crippen molar-refractivity contribution in [1.82, 2.24) is 0 Å². The van der Waals surface area contributed by atoms with Crippen LogP contribution in [0.3, 0.4) is 0 Å². The predicted octanol–water partition coefficient (Wildman–Crippen LogP) is 2.55. The molecule has 20 heavy (non-hydrogen) atoms. The summed E-state index contributed by atoms with van der Waals surface area (Å²) in [6, 6.07) is 8.31. The molecule has 0 unspecified atom stereocenters. The lowest BCUT2D eigenvalue weighted by molar-refractivity contribution is 0.103. The molecule has 2 aromatic rings. The number of halogens is 1. The van der Waals surface area contributed by atoms with Gasteiger partial charge in [0.15, 0.2) is 0 Å². The molecule has 1 aromatic carbocycles. The lowest BCUT2D eigenvalue weighted by Gasteiger charge is -2.05. The molecule has 3 N–H and O–H groups in total. The van der Waals surface area contributed by atoms with Crippen molar-refractivity contribution in [3.63, 3.8) is 0 Å². The molecule has 5 nitrogen and oxygen atoms in total. The molecule has 0 aliphatic heterocycles. The van der Waals surface area contributed by atoms with Crippen LogP contribution in [-0.4, -0.2) is 14.3 Å². The summed E-state index contributed by atoms with van der Waals surface area (Å²) in [7, 11) is -3.55. The summed E-state index contributed by atoms with van der Waals surface area (Å²) in [4.78, 5) is 12.5. The number of rotatable bonds is 4. The van der Waals surface area contributed by atoms with Gasteiger partial charge in [-0.15, -0.1) is 11.3 Å². The van der Waals surface area contributed by atoms with Gasteiger partial charge < -0.3 is 5.32 Å². The molecule has 0 bridgehead atoms. The highest BCUT2D eigenvalue weighted by molar-refractivity contribution is 9.10. The Morgan fingerprint density at radius 2 is 1.90 bits per heavy atom. The number of hydrogen-bond donors (Lipinski definition) is 2. The van der Waals surface area contributed by atoms with Gasteiger partial charge in [-0.3, -0.25) is 4.79 Å². The van der Waals surface area contributed by atoms with Crippen LogP contribution in [0.25, 0.3) is 0 Å². The highest BCUT2D eigenvalue weighted by atomic mass is 79.9. The summed E-state index contributed by atoms with van der Waals surface area (Å²) in [5, 5.41) is 9.52. The number of anilines is 1. The predicted molar refractivity (Wildman–Crippen MR) is 83.2 cm³/mol. The van der Waals surface area contributed by atoms with Crippen LogP contribution in [0, 0.1) is 0 Å². The number of hydrogen-bond acceptors (Lipinski definition) is 4. The van der Waals surface area contributed by atoms with E-state index in [4.69, 9.17) is 5.14 Å². The third kappa shape index (κ3) is 4.14. The Balaban J connectivity index is 2.08. The zero-order chi connectivity index (χ0) is 14.8. The number of benzene rings is 1. The average molecular weight is 375 g/mol. The van der Waals surface area contributed by atoms with Crippen molar-refractivity contribution in [3.05, 3.63) is 50.6 Å². The number of carbonyl (C=O) groups is 1. The molecule has 0 saturated heterocycles. The van der Waals surface area contributed by atoms with Gasteiger partial charge in [0.2, 0.25) is 10.0 Å². The fourth-order valence-corrected chi connectivity index (χ4v) is 3.66. The second-order valence-electron chi connectivity index (χ2n) is 4.06. The van der Waals surface area contributed by atoms with Crippen molar-refractivity contribution < 1.29 is 13.2 Å². The molecule has 0 radical (unpaired) electrons. The van der Waals surface area contributed by atoms with E-state index in [0.29, 0.717) is 16.1 Å². The largest absolute Gasteiger partial charge is 0.321 e. The van der Waals surface area contributed by atoms with E-state index in [1.807, 2.05) is 5.38 Å². The summed E-state index contributed by atoms with van der Waals surface area (Å²) < 4.78 is 22.7. The number of thiophene rings is 1. The first-order valence-electron chi connectivity index (χ1n) is 5.49. The van der Waals surface area contributed by atoms with Gasteiger partial charge in [0.25, 0.3) is 5.91 Å². The van der Waals surface area contributed by atoms with Crippen molar-refractivity contribution in [1.29, 1.82) is 0 Å². The molecule has 1 aromatic heterocycles. The Bertz CT molecular complexity index is 723. The first-order valence-corrected chi connectivity index (χ1v) is 8.88. The Kier molecular flexibility index (Phi) is 4.59. The maximum absolute atomic E-state index is 12.0. The monoisotopic (exact) mass is 374 g/mol. The van der Waals surface area contributed by atoms with E-state index in [1.165, 1.54) is 11.3 Å². The maximum atomic E-state index is 12.0. The number of amides is 1. The molecule has 8 heteroatoms. The van der Waals surface area contributed by atoms with Gasteiger partial charge >= 0.3 is 0 Å². The number of nitrogens with two attached hydrogens (primary N) is 1. The minimum absolute atomic E-state index is 0.217. The third-order valence-electron chi connectivity index (χ3n) is 2.40. The van der Waals surface area contributed by atoms with Gasteiger partial charge in [-0.1, -0.05) is 12.1 Å². The molecular weight excluding hydrogens is 364 g/mol. The fraction of sp³-hybridized carbons (Fsp3) is 0.0833. The number of nitrogens with one attached hydrogen (secondary N) is 1. The molecule has 0 aliphatic carbocycles. The van der Waals surface area contributed by atoms with E-state index in [0.717, 1.165) is 4.47 Å². The highest BCUT2D eigenvalue weighted by Gasteiger charge is 2.12. The second kappa shape index (κ2) is 6.04. The Morgan fingerprint density at radius 1 is 1.25 bits per heavy atom. The number of sulfonamides is 1. The van der Waals surface area contributed by atoms with Gasteiger partial charge in [0, 0.05) is 10.2 Å². The lowest BCUT2D eigenvalue weighted by Crippen LogP contribution is -2.14. The van der Waals surface area contributed by atoms with Crippen molar-refractivity contribution in [2.45, 2.75) is 5.75 Å². The number of primary sulfonamides is 1. The van der Waals surface area contributed by atoms with Crippen LogP contribution in [0.5, 0.6) is 0 Å². The van der Waals surface area contributed by atoms with Crippen LogP contribution in [0.2, 0.25) is 0 Å². The van der Waals surface area contributed by atoms with Gasteiger partial charge in [-0.2, -0.15) is 0 Å². The molecule has 0 fully saturated rings. The molecular formula is C12H11BrN2O3S2. The van der Waals surface area contributed by atoms with Gasteiger partial charge in [0.1, 0.15) is 4.88 Å². The van der Waals surface area contributed by atoms with Crippen LogP contribution >= 0.6 is 27.3 Å². The van der Waals surface area contributed by atoms with Crippen molar-refractivity contribution >= 4 is 48.9 Å². The van der Waals surface area contributed by atoms with E-state index in [2.05, 4.69) is 21.2 Å². The van der Waals surface area contributed by atoms with Gasteiger partial charge in [0.05, 0.1) is 5.75 Å². The molecule has 1 amide bonds. The summed E-state index contributed by atoms with van der Waals surface area (Å²) in [5.74, 6) is -0.441. The Hall–Kier alpha value is -1.22. The molecule has 0 atom stereocenters. The highest BCUT2D eigenvalue weighted by Crippen LogP contribution is 2.23. The van der Waals surface area contributed by atoms with Crippen molar-refractivity contribution in [3.8, 4) is 0 Å². The molecule has 106 valence electrons. The van der Waals surface area contributed by atoms with E-state index in [-0.39, 0.29) is 11.7 Å². The van der Waals surface area contributed by atoms with Crippen LogP contribution in [-0.2, 0) is 15.8 Å². The molecule has 0 spiro atoms. The van der Waals surface area contributed by atoms with E-state index >= 15 is 0 Å². The maximum Gasteiger partial charge on any atom is 0.266 e. The van der Waals surface area contributed by atoms with E-state index < -0.39 is 10.0 Å².